The smallest absolute Gasteiger partial charge is 0.328 e. The first-order chi connectivity index (χ1) is 15.4. The summed E-state index contributed by atoms with van der Waals surface area (Å²) in [6.45, 7) is 1.10. The van der Waals surface area contributed by atoms with Gasteiger partial charge in [0.25, 0.3) is 10.0 Å². The number of carboxylic acid groups (broad SMARTS) is 2. The number of aromatic nitrogens is 2. The average Bonchev–Trinajstić information content (AvgIpc) is 3.12. The Morgan fingerprint density at radius 2 is 1.73 bits per heavy atom. The summed E-state index contributed by atoms with van der Waals surface area (Å²) in [6.07, 6.45) is 2.77. The van der Waals surface area contributed by atoms with Gasteiger partial charge >= 0.3 is 11.9 Å². The molecule has 0 spiro atoms. The van der Waals surface area contributed by atoms with E-state index in [0.29, 0.717) is 47.8 Å². The number of fused-ring (bicyclic) bond motifs is 2. The van der Waals surface area contributed by atoms with Crippen molar-refractivity contribution >= 4 is 33.4 Å². The van der Waals surface area contributed by atoms with E-state index in [2.05, 4.69) is 10.3 Å². The zero-order valence-electron chi connectivity index (χ0n) is 18.5. The molecule has 1 aromatic heterocycles. The van der Waals surface area contributed by atoms with E-state index in [1.807, 2.05) is 31.1 Å². The molecule has 0 bridgehead atoms. The van der Waals surface area contributed by atoms with Gasteiger partial charge in [-0.2, -0.15) is 13.5 Å². The number of carbonyl (C=O) groups is 2. The van der Waals surface area contributed by atoms with Crippen LogP contribution in [0.3, 0.4) is 0 Å². The molecule has 12 nitrogen and oxygen atoms in total. The molecule has 0 saturated heterocycles. The van der Waals surface area contributed by atoms with E-state index < -0.39 is 22.0 Å². The van der Waals surface area contributed by atoms with Crippen LogP contribution in [0.5, 0.6) is 0 Å². The largest absolute Gasteiger partial charge is 0.478 e. The molecule has 0 unspecified atom stereocenters. The second-order valence-electron chi connectivity index (χ2n) is 7.10. The molecule has 0 atom stereocenters. The highest BCUT2D eigenvalue weighted by Crippen LogP contribution is 2.33. The van der Waals surface area contributed by atoms with Crippen LogP contribution in [0.2, 0.25) is 0 Å². The van der Waals surface area contributed by atoms with Crippen LogP contribution in [0.4, 0.5) is 5.69 Å². The van der Waals surface area contributed by atoms with Crippen LogP contribution in [0.15, 0.2) is 52.8 Å². The maximum Gasteiger partial charge on any atom is 0.328 e. The van der Waals surface area contributed by atoms with Crippen LogP contribution in [-0.4, -0.2) is 85.3 Å². The van der Waals surface area contributed by atoms with Gasteiger partial charge in [0.15, 0.2) is 0 Å². The SMILES string of the molecule is CN(C)CCO/N=C1\c2ccccc2N(C)S(=O)(=O)c2nn(C)cc21.O=C(O)/C=C/C(=O)O. The third-order valence-corrected chi connectivity index (χ3v) is 6.02. The number of hydrogen-bond acceptors (Lipinski definition) is 8. The highest BCUT2D eigenvalue weighted by Gasteiger charge is 2.36. The summed E-state index contributed by atoms with van der Waals surface area (Å²) in [5, 5.41) is 24.0. The van der Waals surface area contributed by atoms with E-state index in [1.165, 1.54) is 16.0 Å². The Morgan fingerprint density at radius 1 is 1.12 bits per heavy atom. The summed E-state index contributed by atoms with van der Waals surface area (Å²) in [7, 11) is 3.31. The summed E-state index contributed by atoms with van der Waals surface area (Å²) < 4.78 is 28.5. The lowest BCUT2D eigenvalue weighted by Gasteiger charge is -2.18. The molecule has 13 heteroatoms. The van der Waals surface area contributed by atoms with Crippen molar-refractivity contribution in [2.75, 3.05) is 38.6 Å². The fourth-order valence-electron chi connectivity index (χ4n) is 2.75. The number of sulfonamides is 1. The predicted octanol–water partition coefficient (Wildman–Crippen LogP) is 0.601. The molecule has 2 aromatic rings. The molecular formula is C20H25N5O7S. The van der Waals surface area contributed by atoms with Crippen molar-refractivity contribution in [2.24, 2.45) is 12.2 Å². The van der Waals surface area contributed by atoms with Gasteiger partial charge in [0.05, 0.1) is 11.3 Å². The van der Waals surface area contributed by atoms with Gasteiger partial charge in [-0.1, -0.05) is 23.4 Å². The molecular weight excluding hydrogens is 454 g/mol. The molecule has 1 aromatic carbocycles. The van der Waals surface area contributed by atoms with Crippen LogP contribution < -0.4 is 4.31 Å². The van der Waals surface area contributed by atoms with E-state index in [1.54, 1.807) is 25.4 Å². The van der Waals surface area contributed by atoms with Crippen LogP contribution in [0, 0.1) is 0 Å². The highest BCUT2D eigenvalue weighted by molar-refractivity contribution is 7.92. The van der Waals surface area contributed by atoms with Crippen molar-refractivity contribution < 1.29 is 33.1 Å². The van der Waals surface area contributed by atoms with Crippen molar-refractivity contribution in [3.05, 3.63) is 53.7 Å². The minimum absolute atomic E-state index is 0.0244. The Morgan fingerprint density at radius 3 is 2.30 bits per heavy atom. The minimum atomic E-state index is -3.77. The molecule has 1 aliphatic rings. The number of carboxylic acids is 2. The number of hydrogen-bond donors (Lipinski definition) is 2. The number of aryl methyl sites for hydroxylation is 1. The normalized spacial score (nSPS) is 15.4. The molecule has 0 radical (unpaired) electrons. The van der Waals surface area contributed by atoms with Crippen LogP contribution in [0.25, 0.3) is 0 Å². The van der Waals surface area contributed by atoms with Crippen molar-refractivity contribution in [2.45, 2.75) is 5.03 Å². The number of para-hydroxylation sites is 1. The first kappa shape index (κ1) is 25.5. The molecule has 178 valence electrons. The van der Waals surface area contributed by atoms with Gasteiger partial charge in [-0.15, -0.1) is 0 Å². The van der Waals surface area contributed by atoms with Crippen molar-refractivity contribution in [3.8, 4) is 0 Å². The molecule has 2 heterocycles. The van der Waals surface area contributed by atoms with Gasteiger partial charge in [-0.05, 0) is 20.2 Å². The number of anilines is 1. The Hall–Kier alpha value is -3.71. The fourth-order valence-corrected chi connectivity index (χ4v) is 4.09. The van der Waals surface area contributed by atoms with Gasteiger partial charge in [0.1, 0.15) is 12.3 Å². The molecule has 1 aliphatic heterocycles. The van der Waals surface area contributed by atoms with Gasteiger partial charge in [0.2, 0.25) is 5.03 Å². The van der Waals surface area contributed by atoms with E-state index in [-0.39, 0.29) is 5.03 Å². The number of likely N-dealkylation sites (N-methyl/N-ethyl adjacent to an activating group) is 1. The monoisotopic (exact) mass is 479 g/mol. The lowest BCUT2D eigenvalue weighted by atomic mass is 10.0. The Balaban J connectivity index is 0.000000414. The average molecular weight is 480 g/mol. The Bertz CT molecular complexity index is 1170. The van der Waals surface area contributed by atoms with Crippen molar-refractivity contribution in [3.63, 3.8) is 0 Å². The van der Waals surface area contributed by atoms with E-state index in [4.69, 9.17) is 15.1 Å². The van der Waals surface area contributed by atoms with E-state index in [0.717, 1.165) is 0 Å². The van der Waals surface area contributed by atoms with E-state index >= 15 is 0 Å². The van der Waals surface area contributed by atoms with Gasteiger partial charge < -0.3 is 20.0 Å². The van der Waals surface area contributed by atoms with Crippen LogP contribution >= 0.6 is 0 Å². The minimum Gasteiger partial charge on any atom is -0.478 e. The third-order valence-electron chi connectivity index (χ3n) is 4.31. The zero-order chi connectivity index (χ0) is 24.8. The maximum absolute atomic E-state index is 12.9. The topological polar surface area (TPSA) is 155 Å². The first-order valence-corrected chi connectivity index (χ1v) is 11.0. The third kappa shape index (κ3) is 6.40. The molecule has 3 rings (SSSR count). The highest BCUT2D eigenvalue weighted by atomic mass is 32.2. The molecule has 0 saturated carbocycles. The Kier molecular flexibility index (Phi) is 8.32. The Labute approximate surface area is 191 Å². The lowest BCUT2D eigenvalue weighted by Crippen LogP contribution is -2.27. The van der Waals surface area contributed by atoms with E-state index in [9.17, 15) is 18.0 Å². The summed E-state index contributed by atoms with van der Waals surface area (Å²) in [4.78, 5) is 26.6. The van der Waals surface area contributed by atoms with Gasteiger partial charge in [0, 0.05) is 44.6 Å². The maximum atomic E-state index is 12.9. The second-order valence-corrected chi connectivity index (χ2v) is 8.98. The number of rotatable bonds is 6. The fraction of sp³-hybridized carbons (Fsp3) is 0.300. The zero-order valence-corrected chi connectivity index (χ0v) is 19.4. The van der Waals surface area contributed by atoms with Crippen molar-refractivity contribution in [1.82, 2.24) is 14.7 Å². The van der Waals surface area contributed by atoms with Crippen LogP contribution in [-0.2, 0) is 31.5 Å². The quantitative estimate of drug-likeness (QED) is 0.344. The summed E-state index contributed by atoms with van der Waals surface area (Å²) in [5.41, 5.74) is 2.12. The van der Waals surface area contributed by atoms with Gasteiger partial charge in [-0.25, -0.2) is 9.59 Å². The standard InChI is InChI=1S/C16H21N5O3S.C4H4O4/c1-19(2)9-10-24-18-15-12-7-5-6-8-14(12)21(4)25(22,23)16-13(15)11-20(3)17-16;5-3(6)1-2-4(7)8/h5-8,11H,9-10H2,1-4H3;1-2H,(H,5,6)(H,7,8)/b18-15+;2-1+. The lowest BCUT2D eigenvalue weighted by molar-refractivity contribution is -0.134. The number of oxime groups is 1. The van der Waals surface area contributed by atoms with Crippen LogP contribution in [0.1, 0.15) is 11.1 Å². The summed E-state index contributed by atoms with van der Waals surface area (Å²) >= 11 is 0. The summed E-state index contributed by atoms with van der Waals surface area (Å²) in [6, 6.07) is 7.21. The first-order valence-electron chi connectivity index (χ1n) is 9.56. The second kappa shape index (κ2) is 10.7. The molecule has 0 aliphatic carbocycles. The number of benzene rings is 1. The molecule has 0 amide bonds. The van der Waals surface area contributed by atoms with Gasteiger partial charge in [-0.3, -0.25) is 8.99 Å². The predicted molar refractivity (Wildman–Crippen MR) is 120 cm³/mol. The summed E-state index contributed by atoms with van der Waals surface area (Å²) in [5.74, 6) is -2.51. The number of nitrogens with zero attached hydrogens (tertiary/aromatic N) is 5. The molecule has 0 fully saturated rings. The molecule has 33 heavy (non-hydrogen) atoms. The molecule has 2 N–H and O–H groups in total. The number of aliphatic carboxylic acids is 2. The van der Waals surface area contributed by atoms with Crippen molar-refractivity contribution in [1.29, 1.82) is 0 Å².